The van der Waals surface area contributed by atoms with Gasteiger partial charge in [0.15, 0.2) is 0 Å². The molecule has 1 fully saturated rings. The first-order valence-electron chi connectivity index (χ1n) is 11.2. The highest BCUT2D eigenvalue weighted by atomic mass is 16.5. The molecule has 2 N–H and O–H groups in total. The van der Waals surface area contributed by atoms with Crippen molar-refractivity contribution in [1.82, 2.24) is 5.32 Å². The van der Waals surface area contributed by atoms with E-state index in [9.17, 15) is 9.59 Å². The number of amides is 2. The van der Waals surface area contributed by atoms with Crippen molar-refractivity contribution >= 4 is 23.2 Å². The van der Waals surface area contributed by atoms with E-state index in [0.717, 1.165) is 44.5 Å². The van der Waals surface area contributed by atoms with Crippen molar-refractivity contribution < 1.29 is 14.3 Å². The van der Waals surface area contributed by atoms with Gasteiger partial charge in [0.25, 0.3) is 5.91 Å². The van der Waals surface area contributed by atoms with Gasteiger partial charge in [-0.05, 0) is 55.2 Å². The summed E-state index contributed by atoms with van der Waals surface area (Å²) in [6, 6.07) is 5.68. The largest absolute Gasteiger partial charge is 0.385 e. The molecule has 1 aromatic rings. The molecule has 0 spiro atoms. The summed E-state index contributed by atoms with van der Waals surface area (Å²) in [5, 5.41) is 5.97. The molecule has 0 bridgehead atoms. The lowest BCUT2D eigenvalue weighted by atomic mass is 9.84. The molecule has 0 aromatic heterocycles. The first-order chi connectivity index (χ1) is 14.2. The molecule has 1 atom stereocenters. The normalized spacial score (nSPS) is 15.2. The van der Waals surface area contributed by atoms with Crippen LogP contribution in [-0.4, -0.2) is 45.2 Å². The van der Waals surface area contributed by atoms with Crippen molar-refractivity contribution in [2.45, 2.75) is 59.8 Å². The minimum Gasteiger partial charge on any atom is -0.385 e. The maximum Gasteiger partial charge on any atom is 0.253 e. The third-order valence-corrected chi connectivity index (χ3v) is 5.28. The highest BCUT2D eigenvalue weighted by Gasteiger charge is 2.21. The van der Waals surface area contributed by atoms with Crippen molar-refractivity contribution in [3.63, 3.8) is 0 Å². The second-order valence-electron chi connectivity index (χ2n) is 9.65. The van der Waals surface area contributed by atoms with Crippen LogP contribution in [0.5, 0.6) is 0 Å². The lowest BCUT2D eigenvalue weighted by molar-refractivity contribution is -0.117. The number of methoxy groups -OCH3 is 1. The maximum atomic E-state index is 12.9. The molecule has 168 valence electrons. The fraction of sp³-hybridized carbons (Fsp3) is 0.667. The number of hydrogen-bond donors (Lipinski definition) is 2. The van der Waals surface area contributed by atoms with Gasteiger partial charge in [0.05, 0.1) is 5.56 Å². The van der Waals surface area contributed by atoms with Gasteiger partial charge in [-0.3, -0.25) is 9.59 Å². The van der Waals surface area contributed by atoms with E-state index in [4.69, 9.17) is 4.74 Å². The van der Waals surface area contributed by atoms with E-state index in [-0.39, 0.29) is 17.2 Å². The molecule has 1 heterocycles. The highest BCUT2D eigenvalue weighted by Crippen LogP contribution is 2.29. The van der Waals surface area contributed by atoms with Gasteiger partial charge in [0.2, 0.25) is 5.91 Å². The van der Waals surface area contributed by atoms with Crippen molar-refractivity contribution in [2.75, 3.05) is 43.6 Å². The lowest BCUT2D eigenvalue weighted by Crippen LogP contribution is -2.29. The third-order valence-electron chi connectivity index (χ3n) is 5.28. The minimum absolute atomic E-state index is 0.00729. The second kappa shape index (κ2) is 11.3. The zero-order valence-corrected chi connectivity index (χ0v) is 19.3. The van der Waals surface area contributed by atoms with Crippen molar-refractivity contribution in [1.29, 1.82) is 0 Å². The Balaban J connectivity index is 2.09. The number of hydrogen-bond acceptors (Lipinski definition) is 4. The first-order valence-corrected chi connectivity index (χ1v) is 11.2. The smallest absolute Gasteiger partial charge is 0.253 e. The van der Waals surface area contributed by atoms with Crippen molar-refractivity contribution in [2.24, 2.45) is 11.3 Å². The number of carbonyl (C=O) groups excluding carboxylic acids is 2. The Morgan fingerprint density at radius 2 is 1.90 bits per heavy atom. The van der Waals surface area contributed by atoms with Crippen LogP contribution in [0.1, 0.15) is 70.2 Å². The molecule has 6 heteroatoms. The molecule has 0 aliphatic carbocycles. The molecule has 1 aliphatic rings. The van der Waals surface area contributed by atoms with E-state index in [0.29, 0.717) is 36.7 Å². The van der Waals surface area contributed by atoms with E-state index < -0.39 is 0 Å². The topological polar surface area (TPSA) is 70.7 Å². The van der Waals surface area contributed by atoms with Gasteiger partial charge in [-0.25, -0.2) is 0 Å². The van der Waals surface area contributed by atoms with Gasteiger partial charge in [-0.2, -0.15) is 0 Å². The standard InChI is InChI=1S/C24H39N3O3/c1-18(17-24(2,3)4)15-22(28)26-19-9-10-21(27-12-6-7-13-27)20(16-19)23(29)25-11-8-14-30-5/h9-10,16,18H,6-8,11-15,17H2,1-5H3,(H,25,29)(H,26,28). The van der Waals surface area contributed by atoms with Gasteiger partial charge in [-0.15, -0.1) is 0 Å². The van der Waals surface area contributed by atoms with E-state index in [1.54, 1.807) is 7.11 Å². The summed E-state index contributed by atoms with van der Waals surface area (Å²) in [6.45, 7) is 11.8. The second-order valence-corrected chi connectivity index (χ2v) is 9.65. The number of nitrogens with one attached hydrogen (secondary N) is 2. The van der Waals surface area contributed by atoms with E-state index in [1.165, 1.54) is 0 Å². The predicted molar refractivity (Wildman–Crippen MR) is 123 cm³/mol. The SMILES string of the molecule is COCCCNC(=O)c1cc(NC(=O)CC(C)CC(C)(C)C)ccc1N1CCCC1. The van der Waals surface area contributed by atoms with Crippen LogP contribution >= 0.6 is 0 Å². The van der Waals surface area contributed by atoms with Crippen LogP contribution in [0.4, 0.5) is 11.4 Å². The van der Waals surface area contributed by atoms with Crippen molar-refractivity contribution in [3.8, 4) is 0 Å². The Morgan fingerprint density at radius 1 is 1.20 bits per heavy atom. The quantitative estimate of drug-likeness (QED) is 0.552. The third kappa shape index (κ3) is 7.98. The molecule has 6 nitrogen and oxygen atoms in total. The monoisotopic (exact) mass is 417 g/mol. The minimum atomic E-state index is -0.106. The molecule has 1 aromatic carbocycles. The molecule has 1 unspecified atom stereocenters. The molecule has 2 amide bonds. The Bertz CT molecular complexity index is 706. The molecule has 1 saturated heterocycles. The molecule has 0 saturated carbocycles. The summed E-state index contributed by atoms with van der Waals surface area (Å²) in [4.78, 5) is 27.7. The number of rotatable bonds is 10. The number of nitrogens with zero attached hydrogens (tertiary/aromatic N) is 1. The van der Waals surface area contributed by atoms with Gasteiger partial charge >= 0.3 is 0 Å². The fourth-order valence-corrected chi connectivity index (χ4v) is 4.19. The number of ether oxygens (including phenoxy) is 1. The molecule has 2 rings (SSSR count). The number of carbonyl (C=O) groups is 2. The lowest BCUT2D eigenvalue weighted by Gasteiger charge is -2.23. The summed E-state index contributed by atoms with van der Waals surface area (Å²) in [5.74, 6) is 0.190. The van der Waals surface area contributed by atoms with Gasteiger partial charge in [0.1, 0.15) is 0 Å². The fourth-order valence-electron chi connectivity index (χ4n) is 4.19. The van der Waals surface area contributed by atoms with Crippen LogP contribution in [0.25, 0.3) is 0 Å². The maximum absolute atomic E-state index is 12.9. The molecular formula is C24H39N3O3. The average Bonchev–Trinajstić information content (AvgIpc) is 3.17. The Kier molecular flexibility index (Phi) is 9.15. The highest BCUT2D eigenvalue weighted by molar-refractivity contribution is 6.02. The Hall–Kier alpha value is -2.08. The van der Waals surface area contributed by atoms with Gasteiger partial charge in [0, 0.05) is 51.1 Å². The molecule has 1 aliphatic heterocycles. The van der Waals surface area contributed by atoms with Gasteiger partial charge < -0.3 is 20.3 Å². The van der Waals surface area contributed by atoms with E-state index in [2.05, 4.69) is 43.2 Å². The number of anilines is 2. The van der Waals surface area contributed by atoms with Crippen LogP contribution < -0.4 is 15.5 Å². The summed E-state index contributed by atoms with van der Waals surface area (Å²) < 4.78 is 5.05. The van der Waals surface area contributed by atoms with Crippen LogP contribution in [0.3, 0.4) is 0 Å². The van der Waals surface area contributed by atoms with Crippen LogP contribution in [-0.2, 0) is 9.53 Å². The summed E-state index contributed by atoms with van der Waals surface area (Å²) in [7, 11) is 1.65. The van der Waals surface area contributed by atoms with Crippen LogP contribution in [0, 0.1) is 11.3 Å². The molecular weight excluding hydrogens is 378 g/mol. The van der Waals surface area contributed by atoms with Crippen LogP contribution in [0.2, 0.25) is 0 Å². The summed E-state index contributed by atoms with van der Waals surface area (Å²) in [6.07, 6.45) is 4.51. The zero-order chi connectivity index (χ0) is 22.1. The molecule has 0 radical (unpaired) electrons. The summed E-state index contributed by atoms with van der Waals surface area (Å²) in [5.41, 5.74) is 2.43. The van der Waals surface area contributed by atoms with Crippen LogP contribution in [0.15, 0.2) is 18.2 Å². The zero-order valence-electron chi connectivity index (χ0n) is 19.3. The Labute approximate surface area is 181 Å². The summed E-state index contributed by atoms with van der Waals surface area (Å²) >= 11 is 0. The number of benzene rings is 1. The predicted octanol–water partition coefficient (Wildman–Crippen LogP) is 4.45. The van der Waals surface area contributed by atoms with Crippen molar-refractivity contribution in [3.05, 3.63) is 23.8 Å². The first kappa shape index (κ1) is 24.2. The average molecular weight is 418 g/mol. The van der Waals surface area contributed by atoms with E-state index in [1.807, 2.05) is 18.2 Å². The van der Waals surface area contributed by atoms with E-state index >= 15 is 0 Å². The molecule has 30 heavy (non-hydrogen) atoms. The van der Waals surface area contributed by atoms with Gasteiger partial charge in [-0.1, -0.05) is 27.7 Å². The Morgan fingerprint density at radius 3 is 2.53 bits per heavy atom.